The first-order valence-corrected chi connectivity index (χ1v) is 9.55. The molecule has 0 saturated carbocycles. The summed E-state index contributed by atoms with van der Waals surface area (Å²) in [6.07, 6.45) is -1.25. The number of halogens is 1. The van der Waals surface area contributed by atoms with Crippen molar-refractivity contribution in [3.63, 3.8) is 0 Å². The smallest absolute Gasteiger partial charge is 0.266 e. The van der Waals surface area contributed by atoms with E-state index in [1.54, 1.807) is 43.3 Å². The summed E-state index contributed by atoms with van der Waals surface area (Å²) in [6, 6.07) is 16.0. The van der Waals surface area contributed by atoms with Crippen LogP contribution in [0, 0.1) is 5.82 Å². The lowest BCUT2D eigenvalue weighted by Gasteiger charge is -2.31. The molecule has 7 nitrogen and oxygen atoms in total. The highest BCUT2D eigenvalue weighted by Crippen LogP contribution is 2.33. The number of carbonyl (C=O) groups excluding carboxylic acids is 1. The summed E-state index contributed by atoms with van der Waals surface area (Å²) in [5, 5.41) is 7.06. The summed E-state index contributed by atoms with van der Waals surface area (Å²) in [5.74, 6) is 0.434. The summed E-state index contributed by atoms with van der Waals surface area (Å²) >= 11 is 0. The molecule has 1 aliphatic rings. The van der Waals surface area contributed by atoms with E-state index in [9.17, 15) is 14.0 Å². The van der Waals surface area contributed by atoms with Crippen LogP contribution < -0.4 is 20.3 Å². The van der Waals surface area contributed by atoms with Gasteiger partial charge in [0.25, 0.3) is 11.5 Å². The number of ether oxygens (including phenoxy) is 2. The summed E-state index contributed by atoms with van der Waals surface area (Å²) in [4.78, 5) is 24.7. The normalized spacial score (nSPS) is 17.4. The first-order valence-electron chi connectivity index (χ1n) is 9.55. The molecule has 8 heteroatoms. The van der Waals surface area contributed by atoms with Gasteiger partial charge >= 0.3 is 0 Å². The van der Waals surface area contributed by atoms with Gasteiger partial charge in [0, 0.05) is 18.2 Å². The molecule has 2 unspecified atom stereocenters. The minimum absolute atomic E-state index is 0.179. The van der Waals surface area contributed by atoms with E-state index < -0.39 is 12.2 Å². The highest BCUT2D eigenvalue weighted by molar-refractivity contribution is 5.82. The zero-order valence-corrected chi connectivity index (χ0v) is 16.2. The first kappa shape index (κ1) is 19.6. The Morgan fingerprint density at radius 3 is 2.50 bits per heavy atom. The van der Waals surface area contributed by atoms with Crippen molar-refractivity contribution in [2.45, 2.75) is 25.7 Å². The van der Waals surface area contributed by atoms with Gasteiger partial charge in [-0.1, -0.05) is 12.1 Å². The molecule has 30 heavy (non-hydrogen) atoms. The molecule has 0 spiro atoms. The van der Waals surface area contributed by atoms with Gasteiger partial charge in [-0.2, -0.15) is 5.10 Å². The van der Waals surface area contributed by atoms with E-state index in [4.69, 9.17) is 9.47 Å². The van der Waals surface area contributed by atoms with Crippen molar-refractivity contribution in [2.75, 3.05) is 6.54 Å². The fourth-order valence-electron chi connectivity index (χ4n) is 3.18. The third-order valence-electron chi connectivity index (χ3n) is 4.73. The van der Waals surface area contributed by atoms with Crippen LogP contribution in [0.3, 0.4) is 0 Å². The van der Waals surface area contributed by atoms with Crippen molar-refractivity contribution >= 4 is 5.91 Å². The first-order chi connectivity index (χ1) is 14.5. The number of hydrogen-bond donors (Lipinski definition) is 1. The summed E-state index contributed by atoms with van der Waals surface area (Å²) in [7, 11) is 0. The van der Waals surface area contributed by atoms with Crippen LogP contribution in [0.2, 0.25) is 0 Å². The molecule has 0 fully saturated rings. The van der Waals surface area contributed by atoms with E-state index >= 15 is 0 Å². The van der Waals surface area contributed by atoms with E-state index in [1.165, 1.54) is 22.9 Å². The molecule has 154 valence electrons. The van der Waals surface area contributed by atoms with Crippen LogP contribution in [-0.4, -0.2) is 34.4 Å². The van der Waals surface area contributed by atoms with Crippen LogP contribution in [0.15, 0.2) is 65.5 Å². The Bertz CT molecular complexity index is 1110. The Morgan fingerprint density at radius 2 is 1.77 bits per heavy atom. The minimum atomic E-state index is -0.796. The van der Waals surface area contributed by atoms with E-state index in [0.717, 1.165) is 0 Å². The number of aromatic nitrogens is 2. The maximum Gasteiger partial charge on any atom is 0.266 e. The Morgan fingerprint density at radius 1 is 1.07 bits per heavy atom. The number of benzene rings is 2. The molecular formula is C22H20FN3O4. The third kappa shape index (κ3) is 4.17. The van der Waals surface area contributed by atoms with Gasteiger partial charge in [-0.3, -0.25) is 9.59 Å². The lowest BCUT2D eigenvalue weighted by Crippen LogP contribution is -2.49. The van der Waals surface area contributed by atoms with E-state index in [1.807, 2.05) is 6.07 Å². The Kier molecular flexibility index (Phi) is 5.47. The monoisotopic (exact) mass is 409 g/mol. The van der Waals surface area contributed by atoms with Crippen LogP contribution in [-0.2, 0) is 11.3 Å². The second-order valence-corrected chi connectivity index (χ2v) is 6.89. The molecule has 1 N–H and O–H groups in total. The molecule has 1 amide bonds. The zero-order chi connectivity index (χ0) is 21.1. The van der Waals surface area contributed by atoms with Crippen LogP contribution >= 0.6 is 0 Å². The maximum atomic E-state index is 13.1. The number of hydrogen-bond acceptors (Lipinski definition) is 5. The van der Waals surface area contributed by atoms with Crippen LogP contribution in [0.4, 0.5) is 4.39 Å². The highest BCUT2D eigenvalue weighted by atomic mass is 19.1. The van der Waals surface area contributed by atoms with Gasteiger partial charge in [-0.15, -0.1) is 0 Å². The molecule has 4 rings (SSSR count). The zero-order valence-electron chi connectivity index (χ0n) is 16.2. The van der Waals surface area contributed by atoms with Crippen molar-refractivity contribution in [2.24, 2.45) is 0 Å². The van der Waals surface area contributed by atoms with Gasteiger partial charge in [0.05, 0.1) is 12.2 Å². The number of rotatable bonds is 5. The van der Waals surface area contributed by atoms with Crippen molar-refractivity contribution in [3.8, 4) is 22.8 Å². The van der Waals surface area contributed by atoms with Gasteiger partial charge in [0.15, 0.2) is 11.5 Å². The van der Waals surface area contributed by atoms with Crippen molar-refractivity contribution in [3.05, 3.63) is 76.8 Å². The second-order valence-electron chi connectivity index (χ2n) is 6.89. The average molecular weight is 409 g/mol. The quantitative estimate of drug-likeness (QED) is 0.700. The third-order valence-corrected chi connectivity index (χ3v) is 4.73. The van der Waals surface area contributed by atoms with Gasteiger partial charge in [-0.05, 0) is 49.4 Å². The number of fused-ring (bicyclic) bond motifs is 1. The Hall–Kier alpha value is -3.68. The number of amides is 1. The lowest BCUT2D eigenvalue weighted by atomic mass is 10.1. The fourth-order valence-corrected chi connectivity index (χ4v) is 3.18. The van der Waals surface area contributed by atoms with Gasteiger partial charge < -0.3 is 14.8 Å². The molecule has 2 aromatic carbocycles. The lowest BCUT2D eigenvalue weighted by molar-refractivity contribution is -0.133. The fraction of sp³-hybridized carbons (Fsp3) is 0.227. The molecular weight excluding hydrogens is 389 g/mol. The number of para-hydroxylation sites is 2. The van der Waals surface area contributed by atoms with Crippen LogP contribution in [0.5, 0.6) is 11.5 Å². The molecule has 0 aliphatic carbocycles. The largest absolute Gasteiger partial charge is 0.482 e. The van der Waals surface area contributed by atoms with Crippen molar-refractivity contribution < 1.29 is 18.7 Å². The summed E-state index contributed by atoms with van der Waals surface area (Å²) in [5.41, 5.74) is 0.930. The molecule has 0 saturated heterocycles. The minimum Gasteiger partial charge on any atom is -0.482 e. The van der Waals surface area contributed by atoms with Crippen molar-refractivity contribution in [1.29, 1.82) is 0 Å². The van der Waals surface area contributed by atoms with E-state index in [2.05, 4.69) is 10.4 Å². The van der Waals surface area contributed by atoms with Gasteiger partial charge in [0.1, 0.15) is 11.9 Å². The molecule has 2 atom stereocenters. The average Bonchev–Trinajstić information content (AvgIpc) is 2.75. The van der Waals surface area contributed by atoms with Crippen LogP contribution in [0.25, 0.3) is 11.3 Å². The molecule has 1 aliphatic heterocycles. The maximum absolute atomic E-state index is 13.1. The van der Waals surface area contributed by atoms with Gasteiger partial charge in [-0.25, -0.2) is 9.07 Å². The van der Waals surface area contributed by atoms with Gasteiger partial charge in [0.2, 0.25) is 6.10 Å². The summed E-state index contributed by atoms with van der Waals surface area (Å²) < 4.78 is 25.9. The standard InChI is InChI=1S/C22H20FN3O4/c1-14-21(30-19-5-3-2-4-18(19)29-14)22(28)24-12-13-26-20(27)11-10-17(25-26)15-6-8-16(23)9-7-15/h2-11,14,21H,12-13H2,1H3,(H,24,28). The predicted molar refractivity (Wildman–Crippen MR) is 108 cm³/mol. The topological polar surface area (TPSA) is 82.4 Å². The molecule has 1 aromatic heterocycles. The second kappa shape index (κ2) is 8.36. The SMILES string of the molecule is CC1Oc2ccccc2OC1C(=O)NCCn1nc(-c2ccc(F)cc2)ccc1=O. The summed E-state index contributed by atoms with van der Waals surface area (Å²) in [6.45, 7) is 2.13. The Balaban J connectivity index is 1.39. The molecule has 0 bridgehead atoms. The van der Waals surface area contributed by atoms with E-state index in [-0.39, 0.29) is 30.4 Å². The highest BCUT2D eigenvalue weighted by Gasteiger charge is 2.33. The Labute approximate surface area is 172 Å². The predicted octanol–water partition coefficient (Wildman–Crippen LogP) is 2.39. The van der Waals surface area contributed by atoms with Crippen molar-refractivity contribution in [1.82, 2.24) is 15.1 Å². The number of nitrogens with zero attached hydrogens (tertiary/aromatic N) is 2. The van der Waals surface area contributed by atoms with E-state index in [0.29, 0.717) is 22.8 Å². The molecule has 2 heterocycles. The number of nitrogens with one attached hydrogen (secondary N) is 1. The molecule has 3 aromatic rings. The van der Waals surface area contributed by atoms with Crippen LogP contribution in [0.1, 0.15) is 6.92 Å². The number of carbonyl (C=O) groups is 1. The molecule has 0 radical (unpaired) electrons.